The molecular weight excluding hydrogens is 274 g/mol. The van der Waals surface area contributed by atoms with Crippen LogP contribution in [-0.4, -0.2) is 15.0 Å². The first-order chi connectivity index (χ1) is 9.07. The van der Waals surface area contributed by atoms with Crippen molar-refractivity contribution in [1.82, 2.24) is 0 Å². The molecule has 0 spiro atoms. The summed E-state index contributed by atoms with van der Waals surface area (Å²) in [7, 11) is -3.71. The fraction of sp³-hybridized carbons (Fsp3) is 0.600. The maximum atomic E-state index is 11.6. The summed E-state index contributed by atoms with van der Waals surface area (Å²) >= 11 is 0. The van der Waals surface area contributed by atoms with E-state index in [9.17, 15) is 8.42 Å². The summed E-state index contributed by atoms with van der Waals surface area (Å²) < 4.78 is 29.1. The number of nitrogens with two attached hydrogens (primary N) is 1. The van der Waals surface area contributed by atoms with Gasteiger partial charge in [-0.2, -0.15) is 0 Å². The van der Waals surface area contributed by atoms with Gasteiger partial charge in [-0.1, -0.05) is 34.1 Å². The number of benzene rings is 1. The van der Waals surface area contributed by atoms with Crippen LogP contribution in [0.3, 0.4) is 0 Å². The van der Waals surface area contributed by atoms with Gasteiger partial charge < -0.3 is 4.74 Å². The molecule has 0 amide bonds. The van der Waals surface area contributed by atoms with E-state index in [2.05, 4.69) is 6.92 Å². The van der Waals surface area contributed by atoms with Crippen LogP contribution >= 0.6 is 0 Å². The zero-order valence-electron chi connectivity index (χ0n) is 13.0. The van der Waals surface area contributed by atoms with Crippen molar-refractivity contribution in [2.24, 2.45) is 5.14 Å². The molecule has 2 N–H and O–H groups in total. The predicted molar refractivity (Wildman–Crippen MR) is 81.7 cm³/mol. The van der Waals surface area contributed by atoms with Crippen molar-refractivity contribution in [2.45, 2.75) is 57.8 Å². The van der Waals surface area contributed by atoms with Gasteiger partial charge >= 0.3 is 0 Å². The molecule has 0 aromatic heterocycles. The fourth-order valence-corrected chi connectivity index (χ4v) is 2.79. The molecule has 0 aliphatic rings. The minimum atomic E-state index is -3.71. The largest absolute Gasteiger partial charge is 0.493 e. The molecule has 1 aromatic carbocycles. The van der Waals surface area contributed by atoms with Gasteiger partial charge in [0, 0.05) is 5.56 Å². The van der Waals surface area contributed by atoms with Crippen LogP contribution in [0.2, 0.25) is 0 Å². The van der Waals surface area contributed by atoms with Crippen molar-refractivity contribution in [3.8, 4) is 5.75 Å². The zero-order valence-corrected chi connectivity index (χ0v) is 13.8. The van der Waals surface area contributed by atoms with E-state index in [-0.39, 0.29) is 10.3 Å². The summed E-state index contributed by atoms with van der Waals surface area (Å²) in [5.41, 5.74) is 1.27. The van der Waals surface area contributed by atoms with E-state index in [1.54, 1.807) is 19.1 Å². The number of sulfonamides is 1. The molecule has 0 aliphatic carbocycles. The van der Waals surface area contributed by atoms with Gasteiger partial charge in [0.2, 0.25) is 10.0 Å². The molecule has 0 saturated heterocycles. The zero-order chi connectivity index (χ0) is 15.6. The van der Waals surface area contributed by atoms with Crippen LogP contribution < -0.4 is 9.88 Å². The second kappa shape index (κ2) is 6.14. The Morgan fingerprint density at radius 1 is 1.25 bits per heavy atom. The third-order valence-corrected chi connectivity index (χ3v) is 4.20. The third-order valence-electron chi connectivity index (χ3n) is 3.15. The van der Waals surface area contributed by atoms with Crippen LogP contribution in [0.4, 0.5) is 0 Å². The first kappa shape index (κ1) is 17.0. The number of unbranched alkanes of at least 4 members (excludes halogenated alkanes) is 1. The molecule has 114 valence electrons. The SMILES string of the molecule is CCCCOc1cc(C)c(S(N)(=O)=O)cc1C(C)(C)C. The Morgan fingerprint density at radius 2 is 1.85 bits per heavy atom. The highest BCUT2D eigenvalue weighted by Crippen LogP contribution is 2.35. The number of primary sulfonamides is 1. The molecule has 4 nitrogen and oxygen atoms in total. The van der Waals surface area contributed by atoms with Gasteiger partial charge in [-0.3, -0.25) is 0 Å². The fourth-order valence-electron chi connectivity index (χ4n) is 2.00. The molecule has 0 atom stereocenters. The number of hydrogen-bond donors (Lipinski definition) is 1. The highest BCUT2D eigenvalue weighted by molar-refractivity contribution is 7.89. The molecule has 5 heteroatoms. The molecule has 0 unspecified atom stereocenters. The van der Waals surface area contributed by atoms with Crippen LogP contribution in [0.25, 0.3) is 0 Å². The lowest BCUT2D eigenvalue weighted by atomic mass is 9.86. The maximum Gasteiger partial charge on any atom is 0.238 e. The molecule has 0 bridgehead atoms. The molecule has 0 radical (unpaired) electrons. The minimum absolute atomic E-state index is 0.172. The van der Waals surface area contributed by atoms with E-state index in [4.69, 9.17) is 9.88 Å². The van der Waals surface area contributed by atoms with Gasteiger partial charge in [0.05, 0.1) is 11.5 Å². The lowest BCUT2D eigenvalue weighted by Gasteiger charge is -2.24. The topological polar surface area (TPSA) is 69.4 Å². The summed E-state index contributed by atoms with van der Waals surface area (Å²) in [6, 6.07) is 3.42. The highest BCUT2D eigenvalue weighted by atomic mass is 32.2. The van der Waals surface area contributed by atoms with Crippen LogP contribution in [0.5, 0.6) is 5.75 Å². The molecule has 1 rings (SSSR count). The van der Waals surface area contributed by atoms with Crippen molar-refractivity contribution in [2.75, 3.05) is 6.61 Å². The predicted octanol–water partition coefficient (Wildman–Crippen LogP) is 3.12. The molecule has 0 saturated carbocycles. The minimum Gasteiger partial charge on any atom is -0.493 e. The Balaban J connectivity index is 3.34. The number of ether oxygens (including phenoxy) is 1. The summed E-state index contributed by atoms with van der Waals surface area (Å²) in [5, 5.41) is 5.27. The number of rotatable bonds is 5. The number of hydrogen-bond acceptors (Lipinski definition) is 3. The summed E-state index contributed by atoms with van der Waals surface area (Å²) in [6.07, 6.45) is 2.03. The second-order valence-electron chi connectivity index (χ2n) is 6.11. The summed E-state index contributed by atoms with van der Waals surface area (Å²) in [6.45, 7) is 10.5. The summed E-state index contributed by atoms with van der Waals surface area (Å²) in [4.78, 5) is 0.172. The van der Waals surface area contributed by atoms with Crippen molar-refractivity contribution >= 4 is 10.0 Å². The molecule has 0 aliphatic heterocycles. The number of aryl methyl sites for hydroxylation is 1. The van der Waals surface area contributed by atoms with Crippen LogP contribution in [0, 0.1) is 6.92 Å². The first-order valence-electron chi connectivity index (χ1n) is 6.88. The Bertz CT molecular complexity index is 572. The van der Waals surface area contributed by atoms with Crippen molar-refractivity contribution < 1.29 is 13.2 Å². The molecule has 1 aromatic rings. The summed E-state index contributed by atoms with van der Waals surface area (Å²) in [5.74, 6) is 0.746. The van der Waals surface area contributed by atoms with Crippen molar-refractivity contribution in [1.29, 1.82) is 0 Å². The van der Waals surface area contributed by atoms with E-state index in [1.807, 2.05) is 20.8 Å². The first-order valence-corrected chi connectivity index (χ1v) is 8.42. The van der Waals surface area contributed by atoms with Crippen LogP contribution in [-0.2, 0) is 15.4 Å². The van der Waals surface area contributed by atoms with E-state index in [0.717, 1.165) is 24.2 Å². The Labute approximate surface area is 122 Å². The van der Waals surface area contributed by atoms with E-state index in [1.165, 1.54) is 0 Å². The molecule has 20 heavy (non-hydrogen) atoms. The lowest BCUT2D eigenvalue weighted by Crippen LogP contribution is -2.19. The van der Waals surface area contributed by atoms with Gasteiger partial charge in [0.25, 0.3) is 0 Å². The quantitative estimate of drug-likeness (QED) is 0.849. The van der Waals surface area contributed by atoms with Gasteiger partial charge in [-0.05, 0) is 36.5 Å². The second-order valence-corrected chi connectivity index (χ2v) is 7.64. The average molecular weight is 299 g/mol. The van der Waals surface area contributed by atoms with Crippen molar-refractivity contribution in [3.63, 3.8) is 0 Å². The molecule has 0 heterocycles. The highest BCUT2D eigenvalue weighted by Gasteiger charge is 2.23. The van der Waals surface area contributed by atoms with Gasteiger partial charge in [0.1, 0.15) is 5.75 Å². The van der Waals surface area contributed by atoms with Gasteiger partial charge in [0.15, 0.2) is 0 Å². The van der Waals surface area contributed by atoms with E-state index in [0.29, 0.717) is 12.2 Å². The Kier molecular flexibility index (Phi) is 5.21. The third kappa shape index (κ3) is 4.21. The monoisotopic (exact) mass is 299 g/mol. The molecule has 0 fully saturated rings. The average Bonchev–Trinajstić information content (AvgIpc) is 2.25. The Hall–Kier alpha value is -1.07. The van der Waals surface area contributed by atoms with Crippen molar-refractivity contribution in [3.05, 3.63) is 23.3 Å². The van der Waals surface area contributed by atoms with Crippen LogP contribution in [0.15, 0.2) is 17.0 Å². The van der Waals surface area contributed by atoms with E-state index < -0.39 is 10.0 Å². The maximum absolute atomic E-state index is 11.6. The normalized spacial score (nSPS) is 12.5. The van der Waals surface area contributed by atoms with Crippen LogP contribution in [0.1, 0.15) is 51.7 Å². The molecular formula is C15H25NO3S. The Morgan fingerprint density at radius 3 is 2.30 bits per heavy atom. The van der Waals surface area contributed by atoms with E-state index >= 15 is 0 Å². The van der Waals surface area contributed by atoms with Gasteiger partial charge in [-0.25, -0.2) is 13.6 Å². The lowest BCUT2D eigenvalue weighted by molar-refractivity contribution is 0.300. The van der Waals surface area contributed by atoms with Gasteiger partial charge in [-0.15, -0.1) is 0 Å². The smallest absolute Gasteiger partial charge is 0.238 e. The standard InChI is InChI=1S/C15H25NO3S/c1-6-7-8-19-13-9-11(2)14(20(16,17)18)10-12(13)15(3,4)5/h9-10H,6-8H2,1-5H3,(H2,16,17,18).